The van der Waals surface area contributed by atoms with Crippen LogP contribution in [0.4, 0.5) is 0 Å². The topological polar surface area (TPSA) is 17.1 Å². The fraction of sp³-hybridized carbons (Fsp3) is 0.929. The second kappa shape index (κ2) is 5.14. The molecule has 1 heteroatoms. The monoisotopic (exact) mass is 207 g/mol. The van der Waals surface area contributed by atoms with Gasteiger partial charge in [0, 0.05) is 5.41 Å². The molecule has 0 heterocycles. The summed E-state index contributed by atoms with van der Waals surface area (Å²) in [6, 6.07) is 0. The quantitative estimate of drug-likeness (QED) is 0.683. The van der Waals surface area contributed by atoms with Gasteiger partial charge in [-0.15, -0.1) is 0 Å². The molecule has 0 aliphatic heterocycles. The minimum absolute atomic E-state index is 0.0275. The number of hydrogen-bond acceptors (Lipinski definition) is 1. The minimum Gasteiger partial charge on any atom is -0.290 e. The number of rotatable bonds is 3. The van der Waals surface area contributed by atoms with Gasteiger partial charge in [-0.3, -0.25) is 4.79 Å². The summed E-state index contributed by atoms with van der Waals surface area (Å²) in [6.45, 7) is 0. The van der Waals surface area contributed by atoms with E-state index in [1.54, 1.807) is 0 Å². The van der Waals surface area contributed by atoms with Crippen LogP contribution >= 0.6 is 0 Å². The molecular weight excluding hydrogens is 184 g/mol. The number of carbonyl (C=O) groups excluding carboxylic acids is 1. The van der Waals surface area contributed by atoms with Crippen LogP contribution in [-0.4, -0.2) is 6.29 Å². The van der Waals surface area contributed by atoms with E-state index in [2.05, 4.69) is 6.29 Å². The Morgan fingerprint density at radius 1 is 0.933 bits per heavy atom. The molecule has 15 heavy (non-hydrogen) atoms. The van der Waals surface area contributed by atoms with Crippen molar-refractivity contribution in [1.29, 1.82) is 0 Å². The van der Waals surface area contributed by atoms with Crippen molar-refractivity contribution in [3.8, 4) is 0 Å². The first-order valence-electron chi connectivity index (χ1n) is 6.74. The Bertz CT molecular complexity index is 197. The lowest BCUT2D eigenvalue weighted by Gasteiger charge is -2.35. The van der Waals surface area contributed by atoms with Crippen LogP contribution in [0.15, 0.2) is 0 Å². The molecule has 85 valence electrons. The largest absolute Gasteiger partial charge is 0.290 e. The summed E-state index contributed by atoms with van der Waals surface area (Å²) in [6.07, 6.45) is 16.5. The Kier molecular flexibility index (Phi) is 3.82. The summed E-state index contributed by atoms with van der Waals surface area (Å²) in [7, 11) is 0. The van der Waals surface area contributed by atoms with Crippen molar-refractivity contribution in [2.75, 3.05) is 0 Å². The molecule has 0 aromatic carbocycles. The van der Waals surface area contributed by atoms with Crippen LogP contribution in [0.3, 0.4) is 0 Å². The predicted molar refractivity (Wildman–Crippen MR) is 62.4 cm³/mol. The maximum atomic E-state index is 11.2. The fourth-order valence-electron chi connectivity index (χ4n) is 3.52. The van der Waals surface area contributed by atoms with Crippen LogP contribution in [0.25, 0.3) is 0 Å². The number of hydrogen-bond donors (Lipinski definition) is 0. The van der Waals surface area contributed by atoms with Gasteiger partial charge >= 0.3 is 0 Å². The molecule has 1 nitrogen and oxygen atoms in total. The lowest BCUT2D eigenvalue weighted by Crippen LogP contribution is -2.29. The van der Waals surface area contributed by atoms with Crippen LogP contribution in [0.5, 0.6) is 0 Å². The van der Waals surface area contributed by atoms with E-state index in [1.807, 2.05) is 0 Å². The molecule has 0 amide bonds. The van der Waals surface area contributed by atoms with Gasteiger partial charge in [0.25, 0.3) is 0 Å². The van der Waals surface area contributed by atoms with Crippen LogP contribution in [0.2, 0.25) is 0 Å². The third kappa shape index (κ3) is 2.83. The highest BCUT2D eigenvalue weighted by Gasteiger charge is 2.35. The molecule has 2 rings (SSSR count). The van der Waals surface area contributed by atoms with Crippen LogP contribution in [0.1, 0.15) is 70.6 Å². The van der Waals surface area contributed by atoms with Gasteiger partial charge in [-0.05, 0) is 25.2 Å². The second-order valence-electron chi connectivity index (χ2n) is 5.65. The van der Waals surface area contributed by atoms with E-state index in [0.29, 0.717) is 0 Å². The molecule has 2 saturated carbocycles. The summed E-state index contributed by atoms with van der Waals surface area (Å²) >= 11 is 0. The predicted octanol–water partition coefficient (Wildman–Crippen LogP) is 4.02. The highest BCUT2D eigenvalue weighted by Crippen LogP contribution is 2.42. The van der Waals surface area contributed by atoms with Crippen molar-refractivity contribution in [3.63, 3.8) is 0 Å². The van der Waals surface area contributed by atoms with E-state index < -0.39 is 0 Å². The Balaban J connectivity index is 1.90. The third-order valence-corrected chi connectivity index (χ3v) is 4.43. The van der Waals surface area contributed by atoms with Crippen molar-refractivity contribution >= 4 is 6.29 Å². The van der Waals surface area contributed by atoms with Crippen molar-refractivity contribution in [2.45, 2.75) is 70.6 Å². The molecule has 2 aliphatic carbocycles. The molecule has 0 aromatic heterocycles. The average molecular weight is 207 g/mol. The van der Waals surface area contributed by atoms with E-state index in [1.165, 1.54) is 51.4 Å². The Labute approximate surface area is 93.6 Å². The van der Waals surface area contributed by atoms with Crippen LogP contribution < -0.4 is 0 Å². The molecule has 1 radical (unpaired) electrons. The highest BCUT2D eigenvalue weighted by molar-refractivity contribution is 5.60. The SMILES string of the molecule is O=[C]C1(CC2CCCCC2)CCCCC1. The Morgan fingerprint density at radius 3 is 2.13 bits per heavy atom. The van der Waals surface area contributed by atoms with Gasteiger partial charge in [-0.1, -0.05) is 51.4 Å². The summed E-state index contributed by atoms with van der Waals surface area (Å²) in [5.41, 5.74) is -0.0275. The molecule has 0 N–H and O–H groups in total. The molecule has 0 saturated heterocycles. The van der Waals surface area contributed by atoms with Crippen LogP contribution in [-0.2, 0) is 4.79 Å². The first kappa shape index (κ1) is 11.2. The lowest BCUT2D eigenvalue weighted by molar-refractivity contribution is 0.189. The van der Waals surface area contributed by atoms with E-state index in [9.17, 15) is 4.79 Å². The van der Waals surface area contributed by atoms with Gasteiger partial charge in [0.05, 0.1) is 0 Å². The molecule has 0 spiro atoms. The molecule has 2 aliphatic rings. The second-order valence-corrected chi connectivity index (χ2v) is 5.65. The first-order valence-corrected chi connectivity index (χ1v) is 6.74. The van der Waals surface area contributed by atoms with E-state index in [0.717, 1.165) is 25.2 Å². The normalized spacial score (nSPS) is 27.5. The van der Waals surface area contributed by atoms with Gasteiger partial charge in [-0.2, -0.15) is 0 Å². The maximum absolute atomic E-state index is 11.2. The van der Waals surface area contributed by atoms with Gasteiger partial charge < -0.3 is 0 Å². The average Bonchev–Trinajstić information content (AvgIpc) is 2.32. The van der Waals surface area contributed by atoms with Crippen molar-refractivity contribution in [3.05, 3.63) is 0 Å². The molecular formula is C14H23O. The molecule has 2 fully saturated rings. The summed E-state index contributed by atoms with van der Waals surface area (Å²) < 4.78 is 0. The zero-order chi connectivity index (χ0) is 10.6. The fourth-order valence-corrected chi connectivity index (χ4v) is 3.52. The maximum Gasteiger partial charge on any atom is 0.205 e. The standard InChI is InChI=1S/C14H23O/c15-12-14(9-5-2-6-10-14)11-13-7-3-1-4-8-13/h13H,1-11H2. The molecule has 0 unspecified atom stereocenters. The van der Waals surface area contributed by atoms with Crippen molar-refractivity contribution in [1.82, 2.24) is 0 Å². The zero-order valence-electron chi connectivity index (χ0n) is 9.76. The van der Waals surface area contributed by atoms with Gasteiger partial charge in [0.15, 0.2) is 0 Å². The minimum atomic E-state index is -0.0275. The van der Waals surface area contributed by atoms with Gasteiger partial charge in [0.2, 0.25) is 6.29 Å². The Hall–Kier alpha value is -0.330. The van der Waals surface area contributed by atoms with Crippen molar-refractivity contribution in [2.24, 2.45) is 11.3 Å². The van der Waals surface area contributed by atoms with E-state index >= 15 is 0 Å². The molecule has 0 bridgehead atoms. The smallest absolute Gasteiger partial charge is 0.205 e. The third-order valence-electron chi connectivity index (χ3n) is 4.43. The highest BCUT2D eigenvalue weighted by atomic mass is 16.1. The summed E-state index contributed by atoms with van der Waals surface area (Å²) in [5, 5.41) is 0. The van der Waals surface area contributed by atoms with Crippen molar-refractivity contribution < 1.29 is 4.79 Å². The lowest BCUT2D eigenvalue weighted by atomic mass is 9.68. The zero-order valence-corrected chi connectivity index (χ0v) is 9.76. The summed E-state index contributed by atoms with van der Waals surface area (Å²) in [5.74, 6) is 0.832. The molecule has 0 atom stereocenters. The van der Waals surface area contributed by atoms with E-state index in [-0.39, 0.29) is 5.41 Å². The van der Waals surface area contributed by atoms with Gasteiger partial charge in [0.1, 0.15) is 0 Å². The summed E-state index contributed by atoms with van der Waals surface area (Å²) in [4.78, 5) is 11.2. The van der Waals surface area contributed by atoms with Gasteiger partial charge in [-0.25, -0.2) is 0 Å². The van der Waals surface area contributed by atoms with E-state index in [4.69, 9.17) is 0 Å². The van der Waals surface area contributed by atoms with Crippen LogP contribution in [0, 0.1) is 11.3 Å². The molecule has 0 aromatic rings. The first-order chi connectivity index (χ1) is 7.35. The Morgan fingerprint density at radius 2 is 1.53 bits per heavy atom.